The van der Waals surface area contributed by atoms with Gasteiger partial charge in [0.15, 0.2) is 11.0 Å². The molecule has 2 aliphatic heterocycles. The van der Waals surface area contributed by atoms with Gasteiger partial charge in [0.25, 0.3) is 0 Å². The number of amides is 2. The van der Waals surface area contributed by atoms with Gasteiger partial charge in [-0.25, -0.2) is 4.79 Å². The van der Waals surface area contributed by atoms with E-state index in [1.165, 1.54) is 11.8 Å². The Morgan fingerprint density at radius 2 is 2.14 bits per heavy atom. The van der Waals surface area contributed by atoms with E-state index in [2.05, 4.69) is 10.2 Å². The van der Waals surface area contributed by atoms with Gasteiger partial charge in [-0.1, -0.05) is 17.8 Å². The fourth-order valence-electron chi connectivity index (χ4n) is 3.63. The average Bonchev–Trinajstić information content (AvgIpc) is 3.41. The Morgan fingerprint density at radius 1 is 1.36 bits per heavy atom. The van der Waals surface area contributed by atoms with Gasteiger partial charge in [0.2, 0.25) is 5.91 Å². The Balaban J connectivity index is 1.28. The van der Waals surface area contributed by atoms with Crippen LogP contribution in [0.25, 0.3) is 10.7 Å². The molecule has 0 spiro atoms. The van der Waals surface area contributed by atoms with E-state index in [4.69, 9.17) is 4.74 Å². The van der Waals surface area contributed by atoms with E-state index >= 15 is 0 Å². The molecular weight excluding hydrogens is 398 g/mol. The van der Waals surface area contributed by atoms with Gasteiger partial charge in [0.05, 0.1) is 17.2 Å². The molecule has 4 rings (SSSR count). The number of hydrogen-bond acceptors (Lipinski definition) is 7. The zero-order chi connectivity index (χ0) is 19.7. The van der Waals surface area contributed by atoms with E-state index in [0.717, 1.165) is 28.7 Å². The first-order valence-electron chi connectivity index (χ1n) is 9.34. The minimum Gasteiger partial charge on any atom is -0.444 e. The second kappa shape index (κ2) is 8.12. The Morgan fingerprint density at radius 3 is 2.79 bits per heavy atom. The number of piperidine rings is 1. The molecule has 0 bridgehead atoms. The van der Waals surface area contributed by atoms with Gasteiger partial charge in [-0.15, -0.1) is 21.5 Å². The summed E-state index contributed by atoms with van der Waals surface area (Å²) >= 11 is 3.03. The first-order chi connectivity index (χ1) is 13.5. The van der Waals surface area contributed by atoms with Crippen molar-refractivity contribution >= 4 is 35.1 Å². The highest BCUT2D eigenvalue weighted by atomic mass is 32.2. The fourth-order valence-corrected chi connectivity index (χ4v) is 5.19. The molecule has 150 valence electrons. The van der Waals surface area contributed by atoms with Crippen LogP contribution >= 0.6 is 23.1 Å². The van der Waals surface area contributed by atoms with Crippen molar-refractivity contribution in [3.63, 3.8) is 0 Å². The maximum absolute atomic E-state index is 12.6. The Hall–Kier alpha value is -2.07. The van der Waals surface area contributed by atoms with Crippen molar-refractivity contribution in [3.8, 4) is 10.7 Å². The summed E-state index contributed by atoms with van der Waals surface area (Å²) in [6, 6.07) is 4.16. The number of thiophene rings is 1. The molecule has 0 aromatic carbocycles. The van der Waals surface area contributed by atoms with Gasteiger partial charge in [-0.3, -0.25) is 4.79 Å². The zero-order valence-corrected chi connectivity index (χ0v) is 17.5. The van der Waals surface area contributed by atoms with Crippen LogP contribution in [0.1, 0.15) is 19.8 Å². The standard InChI is InChI=1S/C18H23N5O3S2/c1-12-10-23(18(25)26-12)13-5-7-22(8-6-13)15(24)11-28-17-20-19-16(21(17)2)14-4-3-9-27-14/h3-4,9,12-13H,5-8,10-11H2,1-2H3. The number of thioether (sulfide) groups is 1. The highest BCUT2D eigenvalue weighted by Gasteiger charge is 2.36. The summed E-state index contributed by atoms with van der Waals surface area (Å²) in [6.45, 7) is 3.89. The van der Waals surface area contributed by atoms with Crippen LogP contribution in [-0.2, 0) is 16.6 Å². The van der Waals surface area contributed by atoms with Crippen molar-refractivity contribution in [1.29, 1.82) is 0 Å². The number of likely N-dealkylation sites (tertiary alicyclic amines) is 1. The lowest BCUT2D eigenvalue weighted by Crippen LogP contribution is -2.47. The summed E-state index contributed by atoms with van der Waals surface area (Å²) in [5.41, 5.74) is 0. The summed E-state index contributed by atoms with van der Waals surface area (Å²) in [5, 5.41) is 11.2. The molecule has 0 radical (unpaired) electrons. The summed E-state index contributed by atoms with van der Waals surface area (Å²) in [5.74, 6) is 1.25. The lowest BCUT2D eigenvalue weighted by Gasteiger charge is -2.35. The number of ether oxygens (including phenoxy) is 1. The Labute approximate surface area is 171 Å². The van der Waals surface area contributed by atoms with Crippen molar-refractivity contribution in [3.05, 3.63) is 17.5 Å². The van der Waals surface area contributed by atoms with Gasteiger partial charge in [-0.05, 0) is 31.2 Å². The van der Waals surface area contributed by atoms with Gasteiger partial charge in [0.1, 0.15) is 6.10 Å². The van der Waals surface area contributed by atoms with Gasteiger partial charge < -0.3 is 19.1 Å². The maximum Gasteiger partial charge on any atom is 0.410 e. The molecule has 2 aromatic heterocycles. The third-order valence-electron chi connectivity index (χ3n) is 5.15. The summed E-state index contributed by atoms with van der Waals surface area (Å²) in [7, 11) is 1.92. The van der Waals surface area contributed by atoms with E-state index in [9.17, 15) is 9.59 Å². The monoisotopic (exact) mass is 421 g/mol. The van der Waals surface area contributed by atoms with E-state index in [1.807, 2.05) is 45.9 Å². The molecule has 2 fully saturated rings. The van der Waals surface area contributed by atoms with Crippen LogP contribution in [0.4, 0.5) is 4.79 Å². The molecule has 4 heterocycles. The molecule has 0 saturated carbocycles. The molecule has 2 amide bonds. The average molecular weight is 422 g/mol. The van der Waals surface area contributed by atoms with Crippen molar-refractivity contribution in [2.45, 2.75) is 37.1 Å². The van der Waals surface area contributed by atoms with E-state index < -0.39 is 0 Å². The molecule has 2 aliphatic rings. The van der Waals surface area contributed by atoms with Crippen LogP contribution in [0.5, 0.6) is 0 Å². The topological polar surface area (TPSA) is 80.6 Å². The molecular formula is C18H23N5O3S2. The van der Waals surface area contributed by atoms with Crippen LogP contribution in [0, 0.1) is 0 Å². The van der Waals surface area contributed by atoms with E-state index in [-0.39, 0.29) is 24.1 Å². The molecule has 2 saturated heterocycles. The predicted molar refractivity (Wildman–Crippen MR) is 107 cm³/mol. The molecule has 8 nitrogen and oxygen atoms in total. The first kappa shape index (κ1) is 19.3. The van der Waals surface area contributed by atoms with E-state index in [1.54, 1.807) is 11.3 Å². The normalized spacial score (nSPS) is 20.6. The quantitative estimate of drug-likeness (QED) is 0.690. The number of rotatable bonds is 5. The van der Waals surface area contributed by atoms with Gasteiger partial charge >= 0.3 is 6.09 Å². The second-order valence-electron chi connectivity index (χ2n) is 7.09. The molecule has 1 unspecified atom stereocenters. The number of cyclic esters (lactones) is 1. The van der Waals surface area contributed by atoms with Gasteiger partial charge in [0, 0.05) is 26.2 Å². The maximum atomic E-state index is 12.6. The lowest BCUT2D eigenvalue weighted by atomic mass is 10.0. The molecule has 10 heteroatoms. The van der Waals surface area contributed by atoms with Crippen LogP contribution < -0.4 is 0 Å². The van der Waals surface area contributed by atoms with Crippen molar-refractivity contribution in [2.24, 2.45) is 7.05 Å². The number of carbonyl (C=O) groups is 2. The molecule has 2 aromatic rings. The van der Waals surface area contributed by atoms with Crippen LogP contribution in [0.3, 0.4) is 0 Å². The largest absolute Gasteiger partial charge is 0.444 e. The summed E-state index contributed by atoms with van der Waals surface area (Å²) in [4.78, 5) is 29.2. The van der Waals surface area contributed by atoms with E-state index in [0.29, 0.717) is 25.4 Å². The third-order valence-corrected chi connectivity index (χ3v) is 7.02. The molecule has 0 aliphatic carbocycles. The molecule has 1 atom stereocenters. The summed E-state index contributed by atoms with van der Waals surface area (Å²) in [6.07, 6.45) is 1.32. The minimum atomic E-state index is -0.225. The predicted octanol–water partition coefficient (Wildman–Crippen LogP) is 2.47. The first-order valence-corrected chi connectivity index (χ1v) is 11.2. The fraction of sp³-hybridized carbons (Fsp3) is 0.556. The Kier molecular flexibility index (Phi) is 5.58. The van der Waals surface area contributed by atoms with Crippen LogP contribution in [0.15, 0.2) is 22.7 Å². The van der Waals surface area contributed by atoms with Crippen molar-refractivity contribution in [2.75, 3.05) is 25.4 Å². The second-order valence-corrected chi connectivity index (χ2v) is 8.98. The summed E-state index contributed by atoms with van der Waals surface area (Å²) < 4.78 is 7.14. The lowest BCUT2D eigenvalue weighted by molar-refractivity contribution is -0.129. The number of nitrogens with zero attached hydrogens (tertiary/aromatic N) is 5. The van der Waals surface area contributed by atoms with Crippen LogP contribution in [0.2, 0.25) is 0 Å². The smallest absolute Gasteiger partial charge is 0.410 e. The molecule has 0 N–H and O–H groups in total. The van der Waals surface area contributed by atoms with Crippen LogP contribution in [-0.4, -0.2) is 74.1 Å². The third kappa shape index (κ3) is 3.88. The number of aromatic nitrogens is 3. The zero-order valence-electron chi connectivity index (χ0n) is 15.9. The molecule has 28 heavy (non-hydrogen) atoms. The number of carbonyl (C=O) groups excluding carboxylic acids is 2. The minimum absolute atomic E-state index is 0.0472. The SMILES string of the molecule is CC1CN(C2CCN(C(=O)CSc3nnc(-c4cccs4)n3C)CC2)C(=O)O1. The van der Waals surface area contributed by atoms with Crippen molar-refractivity contribution < 1.29 is 14.3 Å². The number of hydrogen-bond donors (Lipinski definition) is 0. The Bertz CT molecular complexity index is 846. The van der Waals surface area contributed by atoms with Crippen molar-refractivity contribution in [1.82, 2.24) is 24.6 Å². The highest BCUT2D eigenvalue weighted by molar-refractivity contribution is 7.99. The highest BCUT2D eigenvalue weighted by Crippen LogP contribution is 2.27. The van der Waals surface area contributed by atoms with Gasteiger partial charge in [-0.2, -0.15) is 0 Å².